The van der Waals surface area contributed by atoms with Gasteiger partial charge in [-0.25, -0.2) is 4.98 Å². The lowest BCUT2D eigenvalue weighted by molar-refractivity contribution is 0.277. The van der Waals surface area contributed by atoms with Crippen LogP contribution in [-0.2, 0) is 0 Å². The summed E-state index contributed by atoms with van der Waals surface area (Å²) in [6, 6.07) is 9.98. The second-order valence-electron chi connectivity index (χ2n) is 7.85. The van der Waals surface area contributed by atoms with Gasteiger partial charge in [0.2, 0.25) is 0 Å². The highest BCUT2D eigenvalue weighted by Crippen LogP contribution is 2.32. The fourth-order valence-corrected chi connectivity index (χ4v) is 3.96. The number of nitrogens with zero attached hydrogens (tertiary/aromatic N) is 5. The van der Waals surface area contributed by atoms with Gasteiger partial charge in [-0.1, -0.05) is 12.2 Å². The molecular formula is C23H29N5O2. The summed E-state index contributed by atoms with van der Waals surface area (Å²) in [5.74, 6) is 2.47. The molecule has 1 saturated heterocycles. The Morgan fingerprint density at radius 1 is 1.03 bits per heavy atom. The highest BCUT2D eigenvalue weighted by atomic mass is 16.5. The van der Waals surface area contributed by atoms with Crippen LogP contribution in [0.25, 0.3) is 16.9 Å². The number of hydrogen-bond donors (Lipinski definition) is 0. The summed E-state index contributed by atoms with van der Waals surface area (Å²) < 4.78 is 12.8. The van der Waals surface area contributed by atoms with Crippen molar-refractivity contribution in [2.75, 3.05) is 51.8 Å². The number of benzene rings is 1. The molecule has 7 heteroatoms. The predicted molar refractivity (Wildman–Crippen MR) is 120 cm³/mol. The zero-order valence-corrected chi connectivity index (χ0v) is 18.2. The second-order valence-corrected chi connectivity index (χ2v) is 7.85. The third kappa shape index (κ3) is 3.98. The van der Waals surface area contributed by atoms with Crippen molar-refractivity contribution in [3.05, 3.63) is 48.2 Å². The van der Waals surface area contributed by atoms with Crippen molar-refractivity contribution in [2.45, 2.75) is 13.8 Å². The standard InChI is InChI=1S/C23H29N5O2/c1-16(2)15-26-8-10-27(11-9-26)23-12-17(3)24-22-14-19(25-28(22)23)18-6-7-20(29-4)21(13-18)30-5/h6-7,12-14H,1,8-11,15H2,2-5H3. The summed E-state index contributed by atoms with van der Waals surface area (Å²) in [5, 5.41) is 4.89. The van der Waals surface area contributed by atoms with E-state index in [0.29, 0.717) is 11.5 Å². The number of piperazine rings is 1. The van der Waals surface area contributed by atoms with Gasteiger partial charge in [-0.05, 0) is 32.0 Å². The Kier molecular flexibility index (Phi) is 5.63. The van der Waals surface area contributed by atoms with Gasteiger partial charge in [0.1, 0.15) is 5.82 Å². The average Bonchev–Trinajstić information content (AvgIpc) is 3.16. The second kappa shape index (κ2) is 8.36. The van der Waals surface area contributed by atoms with Gasteiger partial charge in [0.05, 0.1) is 19.9 Å². The zero-order valence-electron chi connectivity index (χ0n) is 18.2. The lowest BCUT2D eigenvalue weighted by Crippen LogP contribution is -2.47. The molecule has 0 radical (unpaired) electrons. The van der Waals surface area contributed by atoms with E-state index in [2.05, 4.69) is 29.4 Å². The maximum atomic E-state index is 5.45. The van der Waals surface area contributed by atoms with Crippen LogP contribution in [0.4, 0.5) is 5.82 Å². The van der Waals surface area contributed by atoms with Gasteiger partial charge in [-0.2, -0.15) is 9.61 Å². The van der Waals surface area contributed by atoms with Crippen LogP contribution in [0.5, 0.6) is 11.5 Å². The molecule has 30 heavy (non-hydrogen) atoms. The van der Waals surface area contributed by atoms with Crippen LogP contribution in [-0.4, -0.2) is 66.4 Å². The van der Waals surface area contributed by atoms with Crippen molar-refractivity contribution >= 4 is 11.5 Å². The molecule has 3 aromatic rings. The minimum Gasteiger partial charge on any atom is -0.493 e. The van der Waals surface area contributed by atoms with Crippen molar-refractivity contribution in [1.29, 1.82) is 0 Å². The number of aryl methyl sites for hydroxylation is 1. The van der Waals surface area contributed by atoms with Gasteiger partial charge < -0.3 is 14.4 Å². The molecule has 0 atom stereocenters. The summed E-state index contributed by atoms with van der Waals surface area (Å²) in [6.07, 6.45) is 0. The highest BCUT2D eigenvalue weighted by Gasteiger charge is 2.21. The molecule has 1 aromatic carbocycles. The molecule has 158 valence electrons. The maximum absolute atomic E-state index is 5.45. The number of fused-ring (bicyclic) bond motifs is 1. The molecule has 2 aromatic heterocycles. The van der Waals surface area contributed by atoms with E-state index >= 15 is 0 Å². The van der Waals surface area contributed by atoms with E-state index in [0.717, 1.165) is 61.1 Å². The van der Waals surface area contributed by atoms with Crippen LogP contribution < -0.4 is 14.4 Å². The van der Waals surface area contributed by atoms with Crippen molar-refractivity contribution in [3.8, 4) is 22.8 Å². The predicted octanol–water partition coefficient (Wildman–Crippen LogP) is 3.42. The zero-order chi connectivity index (χ0) is 21.3. The molecule has 0 aliphatic carbocycles. The molecule has 0 N–H and O–H groups in total. The first-order valence-electron chi connectivity index (χ1n) is 10.2. The van der Waals surface area contributed by atoms with Crippen molar-refractivity contribution < 1.29 is 9.47 Å². The van der Waals surface area contributed by atoms with Crippen molar-refractivity contribution in [2.24, 2.45) is 0 Å². The Hall–Kier alpha value is -3.06. The number of anilines is 1. The number of aromatic nitrogens is 3. The molecule has 1 aliphatic heterocycles. The van der Waals surface area contributed by atoms with E-state index in [1.807, 2.05) is 35.7 Å². The van der Waals surface area contributed by atoms with E-state index in [1.54, 1.807) is 14.2 Å². The fourth-order valence-electron chi connectivity index (χ4n) is 3.96. The molecule has 1 aliphatic rings. The SMILES string of the molecule is C=C(C)CN1CCN(c2cc(C)nc3cc(-c4ccc(OC)c(OC)c4)nn23)CC1. The molecule has 0 unspecified atom stereocenters. The van der Waals surface area contributed by atoms with E-state index in [-0.39, 0.29) is 0 Å². The van der Waals surface area contributed by atoms with Gasteiger partial charge in [0.25, 0.3) is 0 Å². The Morgan fingerprint density at radius 3 is 2.43 bits per heavy atom. The summed E-state index contributed by atoms with van der Waals surface area (Å²) in [7, 11) is 3.28. The average molecular weight is 408 g/mol. The maximum Gasteiger partial charge on any atom is 0.161 e. The lowest BCUT2D eigenvalue weighted by atomic mass is 10.1. The molecule has 7 nitrogen and oxygen atoms in total. The normalized spacial score (nSPS) is 14.9. The lowest BCUT2D eigenvalue weighted by Gasteiger charge is -2.36. The minimum absolute atomic E-state index is 0.685. The van der Waals surface area contributed by atoms with Gasteiger partial charge >= 0.3 is 0 Å². The third-order valence-corrected chi connectivity index (χ3v) is 5.41. The van der Waals surface area contributed by atoms with Crippen LogP contribution in [0, 0.1) is 6.92 Å². The van der Waals surface area contributed by atoms with E-state index in [4.69, 9.17) is 19.6 Å². The molecule has 0 amide bonds. The molecule has 0 saturated carbocycles. The quantitative estimate of drug-likeness (QED) is 0.584. The first kappa shape index (κ1) is 20.2. The van der Waals surface area contributed by atoms with Crippen LogP contribution in [0.1, 0.15) is 12.6 Å². The molecule has 0 spiro atoms. The van der Waals surface area contributed by atoms with E-state index in [9.17, 15) is 0 Å². The molecule has 0 bridgehead atoms. The van der Waals surface area contributed by atoms with Gasteiger partial charge in [0.15, 0.2) is 17.1 Å². The summed E-state index contributed by atoms with van der Waals surface area (Å²) in [6.45, 7) is 13.1. The molecular weight excluding hydrogens is 378 g/mol. The largest absolute Gasteiger partial charge is 0.493 e. The summed E-state index contributed by atoms with van der Waals surface area (Å²) in [4.78, 5) is 9.54. The van der Waals surface area contributed by atoms with Crippen molar-refractivity contribution in [1.82, 2.24) is 19.5 Å². The molecule has 4 rings (SSSR count). The van der Waals surface area contributed by atoms with E-state index in [1.165, 1.54) is 5.57 Å². The smallest absolute Gasteiger partial charge is 0.161 e. The summed E-state index contributed by atoms with van der Waals surface area (Å²) >= 11 is 0. The van der Waals surface area contributed by atoms with Gasteiger partial charge in [-0.3, -0.25) is 4.90 Å². The van der Waals surface area contributed by atoms with Gasteiger partial charge in [0, 0.05) is 56.1 Å². The van der Waals surface area contributed by atoms with E-state index < -0.39 is 0 Å². The Bertz CT molecular complexity index is 1070. The monoisotopic (exact) mass is 407 g/mol. The first-order valence-corrected chi connectivity index (χ1v) is 10.2. The number of rotatable bonds is 6. The van der Waals surface area contributed by atoms with Crippen molar-refractivity contribution in [3.63, 3.8) is 0 Å². The van der Waals surface area contributed by atoms with Crippen LogP contribution in [0.2, 0.25) is 0 Å². The third-order valence-electron chi connectivity index (χ3n) is 5.41. The highest BCUT2D eigenvalue weighted by molar-refractivity contribution is 5.68. The number of ether oxygens (including phenoxy) is 2. The van der Waals surface area contributed by atoms with Gasteiger partial charge in [-0.15, -0.1) is 0 Å². The Labute approximate surface area is 177 Å². The molecule has 3 heterocycles. The Morgan fingerprint density at radius 2 is 1.77 bits per heavy atom. The summed E-state index contributed by atoms with van der Waals surface area (Å²) in [5.41, 5.74) is 4.86. The van der Waals surface area contributed by atoms with Crippen LogP contribution in [0.15, 0.2) is 42.5 Å². The topological polar surface area (TPSA) is 55.1 Å². The molecule has 1 fully saturated rings. The first-order chi connectivity index (χ1) is 14.5. The van der Waals surface area contributed by atoms with Crippen LogP contribution in [0.3, 0.4) is 0 Å². The number of methoxy groups -OCH3 is 2. The fraction of sp³-hybridized carbons (Fsp3) is 0.391. The Balaban J connectivity index is 1.66. The van der Waals surface area contributed by atoms with Crippen LogP contribution >= 0.6 is 0 Å². The number of hydrogen-bond acceptors (Lipinski definition) is 6. The minimum atomic E-state index is 0.685.